The van der Waals surface area contributed by atoms with Gasteiger partial charge in [0.25, 0.3) is 0 Å². The molecular weight excluding hydrogens is 442 g/mol. The van der Waals surface area contributed by atoms with Crippen LogP contribution in [0.4, 0.5) is 26.3 Å². The first-order valence-corrected chi connectivity index (χ1v) is 8.43. The molecule has 0 saturated heterocycles. The lowest BCUT2D eigenvalue weighted by atomic mass is 9.99. The van der Waals surface area contributed by atoms with Gasteiger partial charge in [-0.25, -0.2) is 0 Å². The molecule has 0 fully saturated rings. The number of ether oxygens (including phenoxy) is 1. The lowest BCUT2D eigenvalue weighted by molar-refractivity contribution is -0.147. The predicted molar refractivity (Wildman–Crippen MR) is 88.6 cm³/mol. The summed E-state index contributed by atoms with van der Waals surface area (Å²) in [5, 5.41) is 9.27. The first-order chi connectivity index (χ1) is 12.4. The number of nitrogens with zero attached hydrogens (tertiary/aromatic N) is 2. The van der Waals surface area contributed by atoms with E-state index in [9.17, 15) is 31.6 Å². The monoisotopic (exact) mass is 454 g/mol. The molecule has 0 N–H and O–H groups in total. The van der Waals surface area contributed by atoms with Gasteiger partial charge in [-0.15, -0.1) is 0 Å². The fourth-order valence-electron chi connectivity index (χ4n) is 2.83. The zero-order valence-corrected chi connectivity index (χ0v) is 15.6. The van der Waals surface area contributed by atoms with Crippen LogP contribution in [-0.4, -0.2) is 11.2 Å². The summed E-state index contributed by atoms with van der Waals surface area (Å²) in [4.78, 5) is 0. The van der Waals surface area contributed by atoms with Crippen molar-refractivity contribution in [3.05, 3.63) is 45.7 Å². The molecule has 1 atom stereocenters. The predicted octanol–water partition coefficient (Wildman–Crippen LogP) is 6.38. The Bertz CT molecular complexity index is 862. The summed E-state index contributed by atoms with van der Waals surface area (Å²) in [6.45, 7) is 2.60. The summed E-state index contributed by atoms with van der Waals surface area (Å²) in [7, 11) is 0. The van der Waals surface area contributed by atoms with Gasteiger partial charge < -0.3 is 9.30 Å². The maximum atomic E-state index is 13.8. The third kappa shape index (κ3) is 4.14. The van der Waals surface area contributed by atoms with Crippen LogP contribution in [0.25, 0.3) is 11.1 Å². The molecule has 0 spiro atoms. The van der Waals surface area contributed by atoms with Gasteiger partial charge in [-0.3, -0.25) is 0 Å². The molecule has 146 valence electrons. The summed E-state index contributed by atoms with van der Waals surface area (Å²) >= 11 is 3.09. The minimum Gasteiger partial charge on any atom is -0.359 e. The molecule has 27 heavy (non-hydrogen) atoms. The van der Waals surface area contributed by atoms with E-state index in [-0.39, 0.29) is 16.7 Å². The summed E-state index contributed by atoms with van der Waals surface area (Å²) in [6, 6.07) is 6.18. The first kappa shape index (κ1) is 21.3. The molecule has 1 aromatic heterocycles. The van der Waals surface area contributed by atoms with E-state index in [4.69, 9.17) is 4.74 Å². The highest BCUT2D eigenvalue weighted by molar-refractivity contribution is 9.10. The molecule has 0 saturated carbocycles. The molecule has 1 heterocycles. The number of alkyl halides is 6. The molecule has 10 heteroatoms. The van der Waals surface area contributed by atoms with E-state index in [2.05, 4.69) is 15.9 Å². The Morgan fingerprint density at radius 1 is 1.11 bits per heavy atom. The number of hydrogen-bond donors (Lipinski definition) is 0. The van der Waals surface area contributed by atoms with Crippen LogP contribution in [0.1, 0.15) is 37.0 Å². The van der Waals surface area contributed by atoms with E-state index in [0.717, 1.165) is 19.1 Å². The Hall–Kier alpha value is -1.99. The van der Waals surface area contributed by atoms with E-state index >= 15 is 0 Å². The molecule has 0 aliphatic heterocycles. The molecule has 1 unspecified atom stereocenters. The standard InChI is InChI=1S/C17H13BrF6N2O/c1-3-27-9(2)26-12(8-25)14(16(19,20)21)13(15(26)17(22,23)24)10-4-6-11(18)7-5-10/h4-7,9H,3H2,1-2H3. The highest BCUT2D eigenvalue weighted by atomic mass is 79.9. The average molecular weight is 455 g/mol. The van der Waals surface area contributed by atoms with Crippen molar-refractivity contribution in [1.29, 1.82) is 5.26 Å². The van der Waals surface area contributed by atoms with Gasteiger partial charge in [-0.1, -0.05) is 28.1 Å². The van der Waals surface area contributed by atoms with Crippen molar-refractivity contribution in [1.82, 2.24) is 4.57 Å². The van der Waals surface area contributed by atoms with E-state index < -0.39 is 41.1 Å². The maximum absolute atomic E-state index is 13.8. The van der Waals surface area contributed by atoms with Crippen LogP contribution in [0.2, 0.25) is 0 Å². The summed E-state index contributed by atoms with van der Waals surface area (Å²) in [6.07, 6.45) is -11.8. The zero-order valence-electron chi connectivity index (χ0n) is 14.0. The van der Waals surface area contributed by atoms with E-state index in [1.807, 2.05) is 0 Å². The second kappa shape index (κ2) is 7.56. The molecule has 0 aliphatic rings. The van der Waals surface area contributed by atoms with Gasteiger partial charge in [0.1, 0.15) is 29.2 Å². The summed E-state index contributed by atoms with van der Waals surface area (Å²) < 4.78 is 88.4. The van der Waals surface area contributed by atoms with E-state index in [1.165, 1.54) is 25.1 Å². The third-order valence-electron chi connectivity index (χ3n) is 3.77. The van der Waals surface area contributed by atoms with Crippen LogP contribution >= 0.6 is 15.9 Å². The van der Waals surface area contributed by atoms with Crippen LogP contribution in [0.15, 0.2) is 28.7 Å². The van der Waals surface area contributed by atoms with Gasteiger partial charge in [0.15, 0.2) is 0 Å². The maximum Gasteiger partial charge on any atom is 0.432 e. The lowest BCUT2D eigenvalue weighted by Crippen LogP contribution is -2.20. The van der Waals surface area contributed by atoms with Gasteiger partial charge in [-0.05, 0) is 31.5 Å². The van der Waals surface area contributed by atoms with Gasteiger partial charge in [-0.2, -0.15) is 31.6 Å². The van der Waals surface area contributed by atoms with Gasteiger partial charge in [0.2, 0.25) is 0 Å². The highest BCUT2D eigenvalue weighted by Crippen LogP contribution is 2.49. The lowest BCUT2D eigenvalue weighted by Gasteiger charge is -2.20. The summed E-state index contributed by atoms with van der Waals surface area (Å²) in [5.74, 6) is 0. The fourth-order valence-corrected chi connectivity index (χ4v) is 3.09. The van der Waals surface area contributed by atoms with Crippen molar-refractivity contribution in [2.24, 2.45) is 0 Å². The Kier molecular flexibility index (Phi) is 5.97. The van der Waals surface area contributed by atoms with E-state index in [0.29, 0.717) is 4.47 Å². The highest BCUT2D eigenvalue weighted by Gasteiger charge is 2.49. The first-order valence-electron chi connectivity index (χ1n) is 7.63. The summed E-state index contributed by atoms with van der Waals surface area (Å²) in [5.41, 5.74) is -5.75. The number of halogens is 7. The second-order valence-electron chi connectivity index (χ2n) is 5.49. The van der Waals surface area contributed by atoms with Crippen LogP contribution in [-0.2, 0) is 17.1 Å². The molecule has 1 aromatic carbocycles. The van der Waals surface area contributed by atoms with Crippen molar-refractivity contribution in [3.8, 4) is 17.2 Å². The minimum atomic E-state index is -5.18. The minimum absolute atomic E-state index is 0.0452. The van der Waals surface area contributed by atoms with Gasteiger partial charge in [0, 0.05) is 16.6 Å². The molecule has 0 amide bonds. The molecular formula is C17H13BrF6N2O. The normalized spacial score (nSPS) is 13.5. The molecule has 2 rings (SSSR count). The SMILES string of the molecule is CCOC(C)n1c(C#N)c(C(F)(F)F)c(-c2ccc(Br)cc2)c1C(F)(F)F. The number of hydrogen-bond acceptors (Lipinski definition) is 2. The van der Waals surface area contributed by atoms with Crippen LogP contribution in [0.3, 0.4) is 0 Å². The van der Waals surface area contributed by atoms with Crippen LogP contribution < -0.4 is 0 Å². The number of rotatable bonds is 4. The second-order valence-corrected chi connectivity index (χ2v) is 6.40. The van der Waals surface area contributed by atoms with Crippen LogP contribution in [0, 0.1) is 11.3 Å². The molecule has 3 nitrogen and oxygen atoms in total. The smallest absolute Gasteiger partial charge is 0.359 e. The number of nitriles is 1. The largest absolute Gasteiger partial charge is 0.432 e. The Labute approximate surface area is 159 Å². The van der Waals surface area contributed by atoms with Gasteiger partial charge >= 0.3 is 12.4 Å². The Balaban J connectivity index is 3.03. The van der Waals surface area contributed by atoms with Crippen molar-refractivity contribution in [2.45, 2.75) is 32.4 Å². The molecule has 0 bridgehead atoms. The molecule has 0 aliphatic carbocycles. The molecule has 0 radical (unpaired) electrons. The average Bonchev–Trinajstić information content (AvgIpc) is 2.91. The third-order valence-corrected chi connectivity index (χ3v) is 4.30. The number of benzene rings is 1. The fraction of sp³-hybridized carbons (Fsp3) is 0.353. The van der Waals surface area contributed by atoms with Gasteiger partial charge in [0.05, 0.1) is 0 Å². The van der Waals surface area contributed by atoms with Crippen molar-refractivity contribution < 1.29 is 31.1 Å². The topological polar surface area (TPSA) is 38.0 Å². The Morgan fingerprint density at radius 2 is 1.67 bits per heavy atom. The van der Waals surface area contributed by atoms with E-state index in [1.54, 1.807) is 0 Å². The van der Waals surface area contributed by atoms with Crippen molar-refractivity contribution in [2.75, 3.05) is 6.61 Å². The Morgan fingerprint density at radius 3 is 2.07 bits per heavy atom. The van der Waals surface area contributed by atoms with Crippen LogP contribution in [0.5, 0.6) is 0 Å². The van der Waals surface area contributed by atoms with Crippen molar-refractivity contribution >= 4 is 15.9 Å². The van der Waals surface area contributed by atoms with Crippen molar-refractivity contribution in [3.63, 3.8) is 0 Å². The quantitative estimate of drug-likeness (QED) is 0.502. The molecule has 2 aromatic rings. The number of aromatic nitrogens is 1. The zero-order chi connectivity index (χ0) is 20.6.